The minimum atomic E-state index is -2.71. The zero-order chi connectivity index (χ0) is 12.1. The molecule has 0 radical (unpaired) electrons. The van der Waals surface area contributed by atoms with Crippen molar-refractivity contribution in [1.82, 2.24) is 4.98 Å². The van der Waals surface area contributed by atoms with Crippen molar-refractivity contribution in [3.05, 3.63) is 28.0 Å². The Kier molecular flexibility index (Phi) is 4.79. The van der Waals surface area contributed by atoms with Gasteiger partial charge in [0.05, 0.1) is 13.0 Å². The van der Waals surface area contributed by atoms with Crippen LogP contribution in [-0.2, 0) is 16.0 Å². The number of carbonyl (C=O) groups is 1. The lowest BCUT2D eigenvalue weighted by atomic mass is 10.1. The lowest BCUT2D eigenvalue weighted by Gasteiger charge is -2.07. The third-order valence-electron chi connectivity index (χ3n) is 1.83. The molecule has 3 nitrogen and oxygen atoms in total. The van der Waals surface area contributed by atoms with Gasteiger partial charge in [-0.15, -0.1) is 0 Å². The predicted molar refractivity (Wildman–Crippen MR) is 57.2 cm³/mol. The summed E-state index contributed by atoms with van der Waals surface area (Å²) < 4.78 is 30.2. The van der Waals surface area contributed by atoms with Gasteiger partial charge >= 0.3 is 5.97 Å². The zero-order valence-corrected chi connectivity index (χ0v) is 10.1. The highest BCUT2D eigenvalue weighted by Gasteiger charge is 2.17. The van der Waals surface area contributed by atoms with E-state index in [0.29, 0.717) is 4.60 Å². The Morgan fingerprint density at radius 2 is 2.25 bits per heavy atom. The number of esters is 1. The van der Waals surface area contributed by atoms with Gasteiger partial charge in [0, 0.05) is 0 Å². The molecule has 1 aromatic rings. The Morgan fingerprint density at radius 1 is 1.56 bits per heavy atom. The normalized spacial score (nSPS) is 10.6. The van der Waals surface area contributed by atoms with E-state index in [1.54, 1.807) is 6.92 Å². The summed E-state index contributed by atoms with van der Waals surface area (Å²) in [7, 11) is 0. The predicted octanol–water partition coefficient (Wildman–Crippen LogP) is 2.89. The number of alkyl halides is 2. The van der Waals surface area contributed by atoms with Crippen molar-refractivity contribution in [3.8, 4) is 0 Å². The summed E-state index contributed by atoms with van der Waals surface area (Å²) in [4.78, 5) is 14.8. The van der Waals surface area contributed by atoms with Gasteiger partial charge in [-0.1, -0.05) is 6.07 Å². The van der Waals surface area contributed by atoms with Gasteiger partial charge in [-0.3, -0.25) is 4.79 Å². The molecule has 0 atom stereocenters. The molecule has 1 rings (SSSR count). The van der Waals surface area contributed by atoms with E-state index in [-0.39, 0.29) is 24.3 Å². The minimum Gasteiger partial charge on any atom is -0.466 e. The Balaban J connectivity index is 2.90. The summed E-state index contributed by atoms with van der Waals surface area (Å²) in [6.07, 6.45) is -2.89. The summed E-state index contributed by atoms with van der Waals surface area (Å²) in [6.45, 7) is 1.89. The van der Waals surface area contributed by atoms with Crippen LogP contribution in [0.1, 0.15) is 24.6 Å². The van der Waals surface area contributed by atoms with E-state index in [4.69, 9.17) is 0 Å². The molecule has 1 aromatic heterocycles. The van der Waals surface area contributed by atoms with Crippen LogP contribution in [0.15, 0.2) is 16.7 Å². The second kappa shape index (κ2) is 5.89. The molecule has 1 heterocycles. The van der Waals surface area contributed by atoms with Gasteiger partial charge in [0.2, 0.25) is 0 Å². The molecule has 0 saturated carbocycles. The molecule has 0 fully saturated rings. The lowest BCUT2D eigenvalue weighted by Crippen LogP contribution is -2.10. The molecule has 6 heteroatoms. The van der Waals surface area contributed by atoms with Crippen molar-refractivity contribution in [1.29, 1.82) is 0 Å². The summed E-state index contributed by atoms with van der Waals surface area (Å²) in [5.41, 5.74) is -0.195. The molecule has 0 aromatic carbocycles. The van der Waals surface area contributed by atoms with E-state index in [2.05, 4.69) is 25.7 Å². The Morgan fingerprint density at radius 3 is 2.81 bits per heavy atom. The Bertz CT molecular complexity index is 385. The molecule has 0 spiro atoms. The monoisotopic (exact) mass is 293 g/mol. The molecule has 16 heavy (non-hydrogen) atoms. The first kappa shape index (κ1) is 13.0. The van der Waals surface area contributed by atoms with Crippen molar-refractivity contribution in [3.63, 3.8) is 0 Å². The number of ether oxygens (including phenoxy) is 1. The van der Waals surface area contributed by atoms with Gasteiger partial charge < -0.3 is 4.74 Å². The van der Waals surface area contributed by atoms with Crippen LogP contribution in [0.2, 0.25) is 0 Å². The number of carbonyl (C=O) groups excluding carboxylic acids is 1. The van der Waals surface area contributed by atoms with Crippen LogP contribution < -0.4 is 0 Å². The molecule has 0 bridgehead atoms. The van der Waals surface area contributed by atoms with Crippen molar-refractivity contribution in [2.24, 2.45) is 0 Å². The average Bonchev–Trinajstić information content (AvgIpc) is 2.20. The van der Waals surface area contributed by atoms with Gasteiger partial charge in [-0.25, -0.2) is 13.8 Å². The SMILES string of the molecule is CCOC(=O)Cc1ccc(Br)nc1C(F)F. The maximum atomic E-state index is 12.6. The van der Waals surface area contributed by atoms with E-state index in [9.17, 15) is 13.6 Å². The van der Waals surface area contributed by atoms with Crippen LogP contribution in [0.5, 0.6) is 0 Å². The number of pyridine rings is 1. The van der Waals surface area contributed by atoms with Crippen molar-refractivity contribution < 1.29 is 18.3 Å². The highest BCUT2D eigenvalue weighted by Crippen LogP contribution is 2.23. The minimum absolute atomic E-state index is 0.187. The number of nitrogens with zero attached hydrogens (tertiary/aromatic N) is 1. The molecular weight excluding hydrogens is 284 g/mol. The first-order valence-corrected chi connectivity index (χ1v) is 5.43. The molecule has 0 unspecified atom stereocenters. The standard InChI is InChI=1S/C10H10BrF2NO2/c1-2-16-8(15)5-6-3-4-7(11)14-9(6)10(12)13/h3-4,10H,2,5H2,1H3. The lowest BCUT2D eigenvalue weighted by molar-refractivity contribution is -0.142. The van der Waals surface area contributed by atoms with E-state index in [1.165, 1.54) is 12.1 Å². The van der Waals surface area contributed by atoms with Crippen LogP contribution in [0.25, 0.3) is 0 Å². The van der Waals surface area contributed by atoms with E-state index in [0.717, 1.165) is 0 Å². The fourth-order valence-corrected chi connectivity index (χ4v) is 1.51. The maximum absolute atomic E-state index is 12.6. The molecule has 0 aliphatic carbocycles. The molecule has 0 aliphatic heterocycles. The molecular formula is C10H10BrF2NO2. The Hall–Kier alpha value is -1.04. The third-order valence-corrected chi connectivity index (χ3v) is 2.27. The van der Waals surface area contributed by atoms with Gasteiger partial charge in [-0.05, 0) is 34.5 Å². The number of hydrogen-bond acceptors (Lipinski definition) is 3. The summed E-state index contributed by atoms with van der Waals surface area (Å²) in [5.74, 6) is -0.534. The van der Waals surface area contributed by atoms with Crippen LogP contribution in [0, 0.1) is 0 Å². The Labute approximate surface area is 99.9 Å². The van der Waals surface area contributed by atoms with Crippen LogP contribution in [0.3, 0.4) is 0 Å². The topological polar surface area (TPSA) is 39.2 Å². The second-order valence-corrected chi connectivity index (χ2v) is 3.77. The number of halogens is 3. The van der Waals surface area contributed by atoms with Crippen molar-refractivity contribution in [2.45, 2.75) is 19.8 Å². The van der Waals surface area contributed by atoms with Gasteiger partial charge in [0.1, 0.15) is 10.3 Å². The second-order valence-electron chi connectivity index (χ2n) is 2.96. The van der Waals surface area contributed by atoms with Gasteiger partial charge in [0.25, 0.3) is 6.43 Å². The van der Waals surface area contributed by atoms with E-state index < -0.39 is 12.4 Å². The third kappa shape index (κ3) is 3.52. The smallest absolute Gasteiger partial charge is 0.310 e. The molecule has 88 valence electrons. The van der Waals surface area contributed by atoms with Crippen LogP contribution in [0.4, 0.5) is 8.78 Å². The molecule has 0 amide bonds. The summed E-state index contributed by atoms with van der Waals surface area (Å²) >= 11 is 3.00. The molecule has 0 aliphatic rings. The van der Waals surface area contributed by atoms with Gasteiger partial charge in [0.15, 0.2) is 0 Å². The largest absolute Gasteiger partial charge is 0.466 e. The first-order valence-electron chi connectivity index (χ1n) is 4.63. The average molecular weight is 294 g/mol. The van der Waals surface area contributed by atoms with Crippen LogP contribution >= 0.6 is 15.9 Å². The van der Waals surface area contributed by atoms with Crippen molar-refractivity contribution >= 4 is 21.9 Å². The highest BCUT2D eigenvalue weighted by atomic mass is 79.9. The maximum Gasteiger partial charge on any atom is 0.310 e. The number of aromatic nitrogens is 1. The van der Waals surface area contributed by atoms with E-state index in [1.807, 2.05) is 0 Å². The fourth-order valence-electron chi connectivity index (χ4n) is 1.18. The highest BCUT2D eigenvalue weighted by molar-refractivity contribution is 9.10. The number of hydrogen-bond donors (Lipinski definition) is 0. The van der Waals surface area contributed by atoms with E-state index >= 15 is 0 Å². The fraction of sp³-hybridized carbons (Fsp3) is 0.400. The van der Waals surface area contributed by atoms with Gasteiger partial charge in [-0.2, -0.15) is 0 Å². The number of rotatable bonds is 4. The quantitative estimate of drug-likeness (QED) is 0.633. The first-order chi connectivity index (χ1) is 7.54. The summed E-state index contributed by atoms with van der Waals surface area (Å²) in [5, 5.41) is 0. The van der Waals surface area contributed by atoms with Crippen LogP contribution in [-0.4, -0.2) is 17.6 Å². The molecule has 0 N–H and O–H groups in total. The zero-order valence-electron chi connectivity index (χ0n) is 8.54. The van der Waals surface area contributed by atoms with Crippen molar-refractivity contribution in [2.75, 3.05) is 6.61 Å². The molecule has 0 saturated heterocycles. The summed E-state index contributed by atoms with van der Waals surface area (Å²) in [6, 6.07) is 2.95.